The predicted octanol–water partition coefficient (Wildman–Crippen LogP) is 1.31. The number of para-hydroxylation sites is 2. The lowest BCUT2D eigenvalue weighted by Gasteiger charge is -2.11. The lowest BCUT2D eigenvalue weighted by atomic mass is 10.2. The number of amides is 1. The number of H-pyrrole nitrogens is 2. The van der Waals surface area contributed by atoms with E-state index in [9.17, 15) is 9.90 Å². The van der Waals surface area contributed by atoms with Crippen LogP contribution in [0.4, 0.5) is 0 Å². The normalized spacial score (nSPS) is 11.1. The van der Waals surface area contributed by atoms with Crippen molar-refractivity contribution in [3.8, 4) is 11.5 Å². The van der Waals surface area contributed by atoms with Crippen LogP contribution in [0.3, 0.4) is 0 Å². The summed E-state index contributed by atoms with van der Waals surface area (Å²) in [5.74, 6) is 0.0132. The van der Waals surface area contributed by atoms with Crippen molar-refractivity contribution in [1.82, 2.24) is 10.4 Å². The van der Waals surface area contributed by atoms with E-state index in [0.717, 1.165) is 16.2 Å². The summed E-state index contributed by atoms with van der Waals surface area (Å²) in [4.78, 5) is 18.2. The zero-order valence-electron chi connectivity index (χ0n) is 13.4. The van der Waals surface area contributed by atoms with E-state index in [1.54, 1.807) is 12.1 Å². The number of aromatic nitrogens is 2. The molecule has 0 aliphatic carbocycles. The van der Waals surface area contributed by atoms with Gasteiger partial charge in [-0.3, -0.25) is 4.79 Å². The molecule has 7 nitrogen and oxygen atoms in total. The monoisotopic (exact) mass is 356 g/mol. The van der Waals surface area contributed by atoms with Gasteiger partial charge < -0.3 is 9.84 Å². The number of rotatable bonds is 6. The first-order valence-electron chi connectivity index (χ1n) is 7.45. The van der Waals surface area contributed by atoms with Gasteiger partial charge in [0.1, 0.15) is 5.75 Å². The fourth-order valence-corrected chi connectivity index (χ4v) is 2.87. The quantitative estimate of drug-likeness (QED) is 0.395. The van der Waals surface area contributed by atoms with Crippen LogP contribution in [0, 0.1) is 0 Å². The second kappa shape index (κ2) is 7.71. The van der Waals surface area contributed by atoms with E-state index >= 15 is 0 Å². The summed E-state index contributed by atoms with van der Waals surface area (Å²) in [5, 5.41) is 16.1. The Morgan fingerprint density at radius 3 is 3.04 bits per heavy atom. The number of hydrogen-bond donors (Lipinski definition) is 2. The van der Waals surface area contributed by atoms with Crippen LogP contribution in [-0.2, 0) is 4.79 Å². The molecule has 1 amide bonds. The Hall–Kier alpha value is -3.00. The van der Waals surface area contributed by atoms with Crippen molar-refractivity contribution in [1.29, 1.82) is 0 Å². The van der Waals surface area contributed by atoms with Gasteiger partial charge in [-0.2, -0.15) is 5.10 Å². The van der Waals surface area contributed by atoms with E-state index in [0.29, 0.717) is 5.56 Å². The maximum Gasteiger partial charge on any atom is 0.315 e. The zero-order chi connectivity index (χ0) is 17.6. The highest BCUT2D eigenvalue weighted by atomic mass is 32.2. The summed E-state index contributed by atoms with van der Waals surface area (Å²) < 4.78 is 4.95. The second-order valence-electron chi connectivity index (χ2n) is 5.12. The Morgan fingerprint density at radius 1 is 1.40 bits per heavy atom. The van der Waals surface area contributed by atoms with Crippen molar-refractivity contribution in [2.75, 3.05) is 12.9 Å². The van der Waals surface area contributed by atoms with Crippen LogP contribution in [0.5, 0.6) is 11.5 Å². The molecule has 0 unspecified atom stereocenters. The Bertz CT molecular complexity index is 890. The van der Waals surface area contributed by atoms with Gasteiger partial charge in [-0.1, -0.05) is 30.0 Å². The van der Waals surface area contributed by atoms with Gasteiger partial charge in [0.25, 0.3) is 5.91 Å². The average Bonchev–Trinajstić information content (AvgIpc) is 3.04. The number of benzene rings is 2. The highest BCUT2D eigenvalue weighted by molar-refractivity contribution is 7.99. The largest absolute Gasteiger partial charge is 0.870 e. The van der Waals surface area contributed by atoms with Crippen LogP contribution in [0.15, 0.2) is 52.7 Å². The minimum absolute atomic E-state index is 0.199. The van der Waals surface area contributed by atoms with Crippen LogP contribution in [0.1, 0.15) is 5.56 Å². The third-order valence-corrected chi connectivity index (χ3v) is 4.26. The molecule has 0 bridgehead atoms. The van der Waals surface area contributed by atoms with Crippen LogP contribution < -0.4 is 20.3 Å². The van der Waals surface area contributed by atoms with Gasteiger partial charge in [-0.05, 0) is 35.5 Å². The third-order valence-electron chi connectivity index (χ3n) is 3.36. The van der Waals surface area contributed by atoms with Crippen molar-refractivity contribution in [3.63, 3.8) is 0 Å². The number of imidazole rings is 1. The van der Waals surface area contributed by atoms with E-state index in [4.69, 9.17) is 4.74 Å². The summed E-state index contributed by atoms with van der Waals surface area (Å²) in [5.41, 5.74) is 5.08. The molecule has 0 saturated carbocycles. The van der Waals surface area contributed by atoms with Crippen LogP contribution >= 0.6 is 11.8 Å². The van der Waals surface area contributed by atoms with E-state index in [1.807, 2.05) is 24.3 Å². The van der Waals surface area contributed by atoms with Crippen molar-refractivity contribution in [3.05, 3.63) is 48.0 Å². The van der Waals surface area contributed by atoms with Gasteiger partial charge in [0.05, 0.1) is 19.1 Å². The van der Waals surface area contributed by atoms with Crippen molar-refractivity contribution in [2.45, 2.75) is 5.16 Å². The minimum atomic E-state index is -0.235. The molecule has 3 aromatic rings. The Balaban J connectivity index is 1.52. The summed E-state index contributed by atoms with van der Waals surface area (Å²) >= 11 is 1.35. The number of aromatic amines is 2. The number of carbonyl (C=O) groups excluding carboxylic acids is 1. The predicted molar refractivity (Wildman–Crippen MR) is 93.8 cm³/mol. The van der Waals surface area contributed by atoms with Gasteiger partial charge in [0.2, 0.25) is 0 Å². The first-order valence-corrected chi connectivity index (χ1v) is 8.44. The lowest BCUT2D eigenvalue weighted by molar-refractivity contribution is -0.396. The smallest absolute Gasteiger partial charge is 0.315 e. The zero-order valence-corrected chi connectivity index (χ0v) is 14.2. The summed E-state index contributed by atoms with van der Waals surface area (Å²) in [6.45, 7) is 0. The van der Waals surface area contributed by atoms with E-state index < -0.39 is 0 Å². The number of ether oxygens (including phenoxy) is 1. The summed E-state index contributed by atoms with van der Waals surface area (Å²) in [7, 11) is 1.43. The molecule has 0 spiro atoms. The molecule has 8 heteroatoms. The molecule has 3 rings (SSSR count). The van der Waals surface area contributed by atoms with Crippen molar-refractivity contribution >= 4 is 34.9 Å². The van der Waals surface area contributed by atoms with E-state index in [2.05, 4.69) is 20.5 Å². The fraction of sp³-hybridized carbons (Fsp3) is 0.118. The SMILES string of the molecule is COc1cc(C=NNC(=O)CSc2[nH]c3ccccc3[nH+]2)ccc1[O-]. The lowest BCUT2D eigenvalue weighted by Crippen LogP contribution is -2.20. The standard InChI is InChI=1S/C17H16N4O3S/c1-24-15-8-11(6-7-14(15)22)9-18-21-16(23)10-25-17-19-12-4-2-3-5-13(12)20-17/h2-9,22H,10H2,1H3,(H,19,20)(H,21,23). The number of hydrazone groups is 1. The molecule has 3 N–H and O–H groups in total. The van der Waals surface area contributed by atoms with Crippen LogP contribution in [0.2, 0.25) is 0 Å². The Morgan fingerprint density at radius 2 is 2.24 bits per heavy atom. The Kier molecular flexibility index (Phi) is 5.20. The van der Waals surface area contributed by atoms with E-state index in [1.165, 1.54) is 31.2 Å². The molecule has 1 aromatic heterocycles. The Labute approximate surface area is 148 Å². The molecular formula is C17H16N4O3S. The molecule has 128 valence electrons. The molecule has 25 heavy (non-hydrogen) atoms. The topological polar surface area (TPSA) is 104 Å². The fourth-order valence-electron chi connectivity index (χ4n) is 2.16. The summed E-state index contributed by atoms with van der Waals surface area (Å²) in [6, 6.07) is 12.4. The molecule has 0 fully saturated rings. The van der Waals surface area contributed by atoms with Gasteiger partial charge in [-0.25, -0.2) is 15.4 Å². The first-order chi connectivity index (χ1) is 12.2. The average molecular weight is 356 g/mol. The van der Waals surface area contributed by atoms with Crippen molar-refractivity contribution < 1.29 is 19.6 Å². The molecule has 0 aliphatic heterocycles. The number of nitrogens with zero attached hydrogens (tertiary/aromatic N) is 1. The molecule has 0 aliphatic rings. The molecule has 2 aromatic carbocycles. The van der Waals surface area contributed by atoms with Gasteiger partial charge in [-0.15, -0.1) is 0 Å². The van der Waals surface area contributed by atoms with Crippen LogP contribution in [-0.4, -0.2) is 30.0 Å². The van der Waals surface area contributed by atoms with Gasteiger partial charge in [0.15, 0.2) is 11.0 Å². The summed E-state index contributed by atoms with van der Waals surface area (Å²) in [6.07, 6.45) is 1.46. The second-order valence-corrected chi connectivity index (χ2v) is 6.10. The van der Waals surface area contributed by atoms with E-state index in [-0.39, 0.29) is 23.2 Å². The third kappa shape index (κ3) is 4.30. The first kappa shape index (κ1) is 16.8. The molecular weight excluding hydrogens is 340 g/mol. The highest BCUT2D eigenvalue weighted by Gasteiger charge is 2.11. The highest BCUT2D eigenvalue weighted by Crippen LogP contribution is 2.22. The number of nitrogens with one attached hydrogen (secondary N) is 3. The maximum absolute atomic E-state index is 11.9. The van der Waals surface area contributed by atoms with Crippen molar-refractivity contribution in [2.24, 2.45) is 5.10 Å². The molecule has 0 atom stereocenters. The minimum Gasteiger partial charge on any atom is -0.870 e. The van der Waals surface area contributed by atoms with Gasteiger partial charge in [0, 0.05) is 0 Å². The number of thioether (sulfide) groups is 1. The number of fused-ring (bicyclic) bond motifs is 1. The molecule has 0 saturated heterocycles. The number of methoxy groups -OCH3 is 1. The van der Waals surface area contributed by atoms with Gasteiger partial charge >= 0.3 is 5.16 Å². The molecule has 0 radical (unpaired) electrons. The van der Waals surface area contributed by atoms with Crippen LogP contribution in [0.25, 0.3) is 11.0 Å². The molecule has 1 heterocycles. The number of carbonyl (C=O) groups is 1. The number of hydrogen-bond acceptors (Lipinski definition) is 5. The maximum atomic E-state index is 11.9.